The van der Waals surface area contributed by atoms with Crippen molar-refractivity contribution in [3.05, 3.63) is 61.7 Å². The summed E-state index contributed by atoms with van der Waals surface area (Å²) in [6, 6.07) is 6.35. The maximum Gasteiger partial charge on any atom is 0.251 e. The molecule has 100 valence electrons. The first-order valence-electron chi connectivity index (χ1n) is 5.76. The Labute approximate surface area is 120 Å². The van der Waals surface area contributed by atoms with Gasteiger partial charge >= 0.3 is 0 Å². The Bertz CT molecular complexity index is 632. The number of H-pyrrole nitrogens is 1. The highest BCUT2D eigenvalue weighted by molar-refractivity contribution is 6.36. The van der Waals surface area contributed by atoms with E-state index in [1.165, 1.54) is 6.07 Å². The van der Waals surface area contributed by atoms with Gasteiger partial charge in [-0.1, -0.05) is 29.3 Å². The van der Waals surface area contributed by atoms with Crippen LogP contribution in [-0.4, -0.2) is 9.97 Å². The standard InChI is InChI=1S/C13H13Cl2N3O/c1-7(16)11-6-13(19)18-12(17-11)5-8-9(14)3-2-4-10(8)15/h2-4,6-7H,5,16H2,1H3,(H,17,18,19). The van der Waals surface area contributed by atoms with Crippen molar-refractivity contribution in [2.75, 3.05) is 0 Å². The molecule has 0 aliphatic rings. The van der Waals surface area contributed by atoms with Gasteiger partial charge in [-0.15, -0.1) is 0 Å². The molecule has 1 aromatic heterocycles. The minimum Gasteiger partial charge on any atom is -0.323 e. The molecule has 2 rings (SSSR count). The van der Waals surface area contributed by atoms with Crippen LogP contribution in [0.5, 0.6) is 0 Å². The van der Waals surface area contributed by atoms with Gasteiger partial charge in [0.05, 0.1) is 5.69 Å². The molecule has 3 N–H and O–H groups in total. The van der Waals surface area contributed by atoms with E-state index in [1.54, 1.807) is 25.1 Å². The summed E-state index contributed by atoms with van der Waals surface area (Å²) in [5.41, 5.74) is 6.78. The summed E-state index contributed by atoms with van der Waals surface area (Å²) in [4.78, 5) is 18.5. The van der Waals surface area contributed by atoms with E-state index in [0.717, 1.165) is 5.56 Å². The number of nitrogens with one attached hydrogen (secondary N) is 1. The summed E-state index contributed by atoms with van der Waals surface area (Å²) in [6.45, 7) is 1.77. The Hall–Kier alpha value is -1.36. The van der Waals surface area contributed by atoms with Crippen LogP contribution in [0.4, 0.5) is 0 Å². The summed E-state index contributed by atoms with van der Waals surface area (Å²) in [5, 5.41) is 1.09. The third-order valence-electron chi connectivity index (χ3n) is 2.68. The quantitative estimate of drug-likeness (QED) is 0.915. The molecule has 0 spiro atoms. The number of hydrogen-bond donors (Lipinski definition) is 2. The molecule has 6 heteroatoms. The van der Waals surface area contributed by atoms with Gasteiger partial charge in [-0.3, -0.25) is 4.79 Å². The number of nitrogens with zero attached hydrogens (tertiary/aromatic N) is 1. The van der Waals surface area contributed by atoms with Gasteiger partial charge in [0.1, 0.15) is 5.82 Å². The van der Waals surface area contributed by atoms with Gasteiger partial charge in [0.2, 0.25) is 0 Å². The smallest absolute Gasteiger partial charge is 0.251 e. The maximum atomic E-state index is 11.6. The molecule has 4 nitrogen and oxygen atoms in total. The lowest BCUT2D eigenvalue weighted by Crippen LogP contribution is -2.17. The molecular weight excluding hydrogens is 285 g/mol. The summed E-state index contributed by atoms with van der Waals surface area (Å²) >= 11 is 12.2. The number of benzene rings is 1. The lowest BCUT2D eigenvalue weighted by atomic mass is 10.1. The zero-order valence-electron chi connectivity index (χ0n) is 10.3. The van der Waals surface area contributed by atoms with Crippen LogP contribution < -0.4 is 11.3 Å². The summed E-state index contributed by atoms with van der Waals surface area (Å²) in [6.07, 6.45) is 0.355. The van der Waals surface area contributed by atoms with Crippen LogP contribution in [0.15, 0.2) is 29.1 Å². The zero-order valence-corrected chi connectivity index (χ0v) is 11.8. The van der Waals surface area contributed by atoms with Crippen LogP contribution in [0.2, 0.25) is 10.0 Å². The maximum absolute atomic E-state index is 11.6. The van der Waals surface area contributed by atoms with Crippen molar-refractivity contribution in [1.82, 2.24) is 9.97 Å². The molecule has 1 atom stereocenters. The van der Waals surface area contributed by atoms with Crippen LogP contribution in [0.3, 0.4) is 0 Å². The van der Waals surface area contributed by atoms with E-state index in [-0.39, 0.29) is 11.6 Å². The average Bonchev–Trinajstić information content (AvgIpc) is 2.33. The molecule has 0 aliphatic heterocycles. The number of aromatic nitrogens is 2. The van der Waals surface area contributed by atoms with Crippen LogP contribution in [0.1, 0.15) is 30.0 Å². The summed E-state index contributed by atoms with van der Waals surface area (Å²) < 4.78 is 0. The minimum absolute atomic E-state index is 0.236. The topological polar surface area (TPSA) is 71.8 Å². The second-order valence-electron chi connectivity index (χ2n) is 4.28. The molecule has 0 saturated heterocycles. The van der Waals surface area contributed by atoms with Crippen molar-refractivity contribution in [1.29, 1.82) is 0 Å². The fourth-order valence-corrected chi connectivity index (χ4v) is 2.25. The highest BCUT2D eigenvalue weighted by Crippen LogP contribution is 2.25. The number of rotatable bonds is 3. The fraction of sp³-hybridized carbons (Fsp3) is 0.231. The van der Waals surface area contributed by atoms with Crippen LogP contribution in [0, 0.1) is 0 Å². The molecular formula is C13H13Cl2N3O. The van der Waals surface area contributed by atoms with Gasteiger partial charge in [0, 0.05) is 28.6 Å². The first kappa shape index (κ1) is 14.1. The summed E-state index contributed by atoms with van der Waals surface area (Å²) in [7, 11) is 0. The molecule has 1 unspecified atom stereocenters. The van der Waals surface area contributed by atoms with Crippen molar-refractivity contribution in [2.45, 2.75) is 19.4 Å². The van der Waals surface area contributed by atoms with Gasteiger partial charge in [-0.25, -0.2) is 4.98 Å². The van der Waals surface area contributed by atoms with Crippen molar-refractivity contribution in [2.24, 2.45) is 5.73 Å². The predicted molar refractivity (Wildman–Crippen MR) is 76.7 cm³/mol. The lowest BCUT2D eigenvalue weighted by Gasteiger charge is -2.09. The van der Waals surface area contributed by atoms with Gasteiger partial charge < -0.3 is 10.7 Å². The van der Waals surface area contributed by atoms with Gasteiger partial charge in [0.15, 0.2) is 0 Å². The number of halogens is 2. The molecule has 0 saturated carbocycles. The Morgan fingerprint density at radius 3 is 2.58 bits per heavy atom. The van der Waals surface area contributed by atoms with E-state index >= 15 is 0 Å². The van der Waals surface area contributed by atoms with Gasteiger partial charge in [-0.05, 0) is 24.6 Å². The van der Waals surface area contributed by atoms with E-state index in [2.05, 4.69) is 9.97 Å². The fourth-order valence-electron chi connectivity index (χ4n) is 1.71. The van der Waals surface area contributed by atoms with Crippen LogP contribution in [0.25, 0.3) is 0 Å². The average molecular weight is 298 g/mol. The zero-order chi connectivity index (χ0) is 14.0. The molecule has 0 radical (unpaired) electrons. The van der Waals surface area contributed by atoms with Gasteiger partial charge in [0.25, 0.3) is 5.56 Å². The number of nitrogens with two attached hydrogens (primary N) is 1. The lowest BCUT2D eigenvalue weighted by molar-refractivity contribution is 0.753. The van der Waals surface area contributed by atoms with Crippen LogP contribution in [-0.2, 0) is 6.42 Å². The first-order valence-corrected chi connectivity index (χ1v) is 6.51. The van der Waals surface area contributed by atoms with Crippen molar-refractivity contribution < 1.29 is 0 Å². The highest BCUT2D eigenvalue weighted by Gasteiger charge is 2.10. The van der Waals surface area contributed by atoms with Crippen LogP contribution >= 0.6 is 23.2 Å². The van der Waals surface area contributed by atoms with E-state index in [0.29, 0.717) is 28.0 Å². The number of aromatic amines is 1. The SMILES string of the molecule is CC(N)c1cc(=O)[nH]c(Cc2c(Cl)cccc2Cl)n1. The molecule has 0 amide bonds. The molecule has 19 heavy (non-hydrogen) atoms. The molecule has 0 aliphatic carbocycles. The van der Waals surface area contributed by atoms with E-state index < -0.39 is 0 Å². The monoisotopic (exact) mass is 297 g/mol. The van der Waals surface area contributed by atoms with E-state index in [4.69, 9.17) is 28.9 Å². The van der Waals surface area contributed by atoms with E-state index in [1.807, 2.05) is 0 Å². The second-order valence-corrected chi connectivity index (χ2v) is 5.10. The minimum atomic E-state index is -0.303. The predicted octanol–water partition coefficient (Wildman–Crippen LogP) is 2.69. The Morgan fingerprint density at radius 1 is 1.37 bits per heavy atom. The van der Waals surface area contributed by atoms with Crippen molar-refractivity contribution >= 4 is 23.2 Å². The second kappa shape index (κ2) is 5.74. The molecule has 0 bridgehead atoms. The summed E-state index contributed by atoms with van der Waals surface area (Å²) in [5.74, 6) is 0.495. The molecule has 2 aromatic rings. The Balaban J connectivity index is 2.41. The Morgan fingerprint density at radius 2 is 2.00 bits per heavy atom. The highest BCUT2D eigenvalue weighted by atomic mass is 35.5. The third kappa shape index (κ3) is 3.35. The molecule has 1 aromatic carbocycles. The normalized spacial score (nSPS) is 12.4. The Kier molecular flexibility index (Phi) is 4.24. The molecule has 0 fully saturated rings. The first-order chi connectivity index (χ1) is 8.97. The van der Waals surface area contributed by atoms with Crippen molar-refractivity contribution in [3.8, 4) is 0 Å². The van der Waals surface area contributed by atoms with E-state index in [9.17, 15) is 4.79 Å². The van der Waals surface area contributed by atoms with Gasteiger partial charge in [-0.2, -0.15) is 0 Å². The molecule has 1 heterocycles. The van der Waals surface area contributed by atoms with Crippen molar-refractivity contribution in [3.63, 3.8) is 0 Å². The largest absolute Gasteiger partial charge is 0.323 e. The third-order valence-corrected chi connectivity index (χ3v) is 3.39. The number of hydrogen-bond acceptors (Lipinski definition) is 3.